The molecule has 0 radical (unpaired) electrons. The van der Waals surface area contributed by atoms with E-state index in [4.69, 9.17) is 0 Å². The fourth-order valence-corrected chi connectivity index (χ4v) is 2.68. The third kappa shape index (κ3) is 1.46. The Morgan fingerprint density at radius 3 is 1.78 bits per heavy atom. The smallest absolute Gasteiger partial charge is 0.234 e. The van der Waals surface area contributed by atoms with Crippen LogP contribution in [0.3, 0.4) is 0 Å². The number of nitrogens with zero attached hydrogens (tertiary/aromatic N) is 1. The quantitative estimate of drug-likeness (QED) is 0.746. The Balaban J connectivity index is 2.24. The van der Waals surface area contributed by atoms with Gasteiger partial charge in [0.15, 0.2) is 0 Å². The van der Waals surface area contributed by atoms with Crippen LogP contribution in [-0.2, 0) is 4.79 Å². The maximum atomic E-state index is 12.4. The monoisotopic (exact) mass is 237 g/mol. The van der Waals surface area contributed by atoms with E-state index in [0.29, 0.717) is 0 Å². The van der Waals surface area contributed by atoms with E-state index in [1.54, 1.807) is 4.90 Å². The summed E-state index contributed by atoms with van der Waals surface area (Å²) < 4.78 is 0. The first kappa shape index (κ1) is 11.0. The van der Waals surface area contributed by atoms with Gasteiger partial charge >= 0.3 is 0 Å². The highest BCUT2D eigenvalue weighted by Gasteiger charge is 2.33. The van der Waals surface area contributed by atoms with Crippen LogP contribution in [0.1, 0.15) is 17.0 Å². The molecule has 0 aliphatic heterocycles. The first-order valence-electron chi connectivity index (χ1n) is 6.09. The molecule has 0 bridgehead atoms. The van der Waals surface area contributed by atoms with E-state index in [2.05, 4.69) is 24.3 Å². The second kappa shape index (κ2) is 3.98. The van der Waals surface area contributed by atoms with E-state index < -0.39 is 0 Å². The lowest BCUT2D eigenvalue weighted by Gasteiger charge is -2.18. The number of carbonyl (C=O) groups is 1. The number of fused-ring (bicyclic) bond motifs is 3. The number of hydrogen-bond donors (Lipinski definition) is 0. The van der Waals surface area contributed by atoms with Crippen molar-refractivity contribution in [2.75, 3.05) is 14.1 Å². The van der Waals surface area contributed by atoms with E-state index in [0.717, 1.165) is 11.1 Å². The minimum Gasteiger partial charge on any atom is -0.348 e. The van der Waals surface area contributed by atoms with Crippen molar-refractivity contribution in [3.8, 4) is 11.1 Å². The van der Waals surface area contributed by atoms with Crippen LogP contribution in [0.5, 0.6) is 0 Å². The van der Waals surface area contributed by atoms with Gasteiger partial charge in [-0.25, -0.2) is 0 Å². The summed E-state index contributed by atoms with van der Waals surface area (Å²) in [5.74, 6) is -0.000185. The Bertz CT molecular complexity index is 570. The third-order valence-electron chi connectivity index (χ3n) is 3.52. The molecule has 2 aromatic carbocycles. The maximum absolute atomic E-state index is 12.4. The van der Waals surface area contributed by atoms with E-state index in [1.807, 2.05) is 38.4 Å². The average Bonchev–Trinajstić information content (AvgIpc) is 2.72. The molecule has 1 aliphatic carbocycles. The van der Waals surface area contributed by atoms with E-state index in [-0.39, 0.29) is 11.8 Å². The lowest BCUT2D eigenvalue weighted by atomic mass is 9.96. The summed E-state index contributed by atoms with van der Waals surface area (Å²) in [6.45, 7) is 0. The predicted octanol–water partition coefficient (Wildman–Crippen LogP) is 2.89. The second-order valence-electron chi connectivity index (χ2n) is 4.84. The lowest BCUT2D eigenvalue weighted by molar-refractivity contribution is -0.129. The van der Waals surface area contributed by atoms with Gasteiger partial charge in [-0.05, 0) is 22.3 Å². The number of hydrogen-bond acceptors (Lipinski definition) is 1. The van der Waals surface area contributed by atoms with Gasteiger partial charge in [-0.15, -0.1) is 0 Å². The fraction of sp³-hybridized carbons (Fsp3) is 0.188. The molecule has 2 nitrogen and oxygen atoms in total. The van der Waals surface area contributed by atoms with Crippen molar-refractivity contribution in [1.29, 1.82) is 0 Å². The van der Waals surface area contributed by atoms with Crippen LogP contribution < -0.4 is 0 Å². The molecule has 3 rings (SSSR count). The van der Waals surface area contributed by atoms with Crippen LogP contribution in [0.15, 0.2) is 48.5 Å². The molecular formula is C16H15NO. The minimum absolute atomic E-state index is 0.146. The molecule has 0 saturated carbocycles. The Kier molecular flexibility index (Phi) is 2.44. The van der Waals surface area contributed by atoms with Crippen molar-refractivity contribution < 1.29 is 4.79 Å². The van der Waals surface area contributed by atoms with Crippen LogP contribution >= 0.6 is 0 Å². The van der Waals surface area contributed by atoms with Gasteiger partial charge in [0.2, 0.25) is 5.91 Å². The van der Waals surface area contributed by atoms with Gasteiger partial charge < -0.3 is 4.90 Å². The number of amides is 1. The number of rotatable bonds is 1. The molecule has 90 valence electrons. The largest absolute Gasteiger partial charge is 0.348 e. The van der Waals surface area contributed by atoms with Crippen molar-refractivity contribution >= 4 is 5.91 Å². The summed E-state index contributed by atoms with van der Waals surface area (Å²) in [6.07, 6.45) is 0. The second-order valence-corrected chi connectivity index (χ2v) is 4.84. The minimum atomic E-state index is -0.146. The van der Waals surface area contributed by atoms with Crippen LogP contribution in [0, 0.1) is 0 Å². The molecule has 0 spiro atoms. The molecule has 2 heteroatoms. The molecule has 18 heavy (non-hydrogen) atoms. The molecule has 1 aliphatic rings. The van der Waals surface area contributed by atoms with Crippen LogP contribution in [0.4, 0.5) is 0 Å². The lowest BCUT2D eigenvalue weighted by Crippen LogP contribution is -2.27. The molecule has 0 heterocycles. The molecule has 1 amide bonds. The van der Waals surface area contributed by atoms with E-state index >= 15 is 0 Å². The highest BCUT2D eigenvalue weighted by molar-refractivity contribution is 5.95. The normalized spacial score (nSPS) is 13.0. The van der Waals surface area contributed by atoms with E-state index in [1.165, 1.54) is 11.1 Å². The molecule has 0 N–H and O–H groups in total. The van der Waals surface area contributed by atoms with Gasteiger partial charge in [0, 0.05) is 14.1 Å². The number of carbonyl (C=O) groups excluding carboxylic acids is 1. The molecule has 0 saturated heterocycles. The Morgan fingerprint density at radius 1 is 0.889 bits per heavy atom. The molecule has 2 aromatic rings. The van der Waals surface area contributed by atoms with Gasteiger partial charge in [-0.2, -0.15) is 0 Å². The molecular weight excluding hydrogens is 222 g/mol. The standard InChI is InChI=1S/C16H15NO/c1-17(2)16(18)15-13-9-5-3-7-11(13)12-8-4-6-10-14(12)15/h3-10,15H,1-2H3. The topological polar surface area (TPSA) is 20.3 Å². The zero-order valence-electron chi connectivity index (χ0n) is 10.6. The van der Waals surface area contributed by atoms with Crippen molar-refractivity contribution in [2.45, 2.75) is 5.92 Å². The van der Waals surface area contributed by atoms with Crippen molar-refractivity contribution in [3.05, 3.63) is 59.7 Å². The molecule has 0 aromatic heterocycles. The van der Waals surface area contributed by atoms with Gasteiger partial charge in [-0.3, -0.25) is 4.79 Å². The van der Waals surface area contributed by atoms with Crippen LogP contribution in [-0.4, -0.2) is 24.9 Å². The number of benzene rings is 2. The van der Waals surface area contributed by atoms with Crippen molar-refractivity contribution in [1.82, 2.24) is 4.90 Å². The summed E-state index contributed by atoms with van der Waals surface area (Å²) in [6, 6.07) is 16.4. The van der Waals surface area contributed by atoms with E-state index in [9.17, 15) is 4.79 Å². The van der Waals surface area contributed by atoms with Gasteiger partial charge in [-0.1, -0.05) is 48.5 Å². The first-order valence-corrected chi connectivity index (χ1v) is 6.09. The zero-order chi connectivity index (χ0) is 12.7. The average molecular weight is 237 g/mol. The first-order chi connectivity index (χ1) is 8.70. The Labute approximate surface area is 107 Å². The highest BCUT2D eigenvalue weighted by atomic mass is 16.2. The summed E-state index contributed by atoms with van der Waals surface area (Å²) >= 11 is 0. The molecule has 0 atom stereocenters. The van der Waals surface area contributed by atoms with Crippen LogP contribution in [0.2, 0.25) is 0 Å². The highest BCUT2D eigenvalue weighted by Crippen LogP contribution is 2.44. The van der Waals surface area contributed by atoms with Gasteiger partial charge in [0.1, 0.15) is 0 Å². The fourth-order valence-electron chi connectivity index (χ4n) is 2.68. The summed E-state index contributed by atoms with van der Waals surface area (Å²) in [7, 11) is 3.62. The summed E-state index contributed by atoms with van der Waals surface area (Å²) in [4.78, 5) is 14.1. The molecule has 0 unspecified atom stereocenters. The van der Waals surface area contributed by atoms with Crippen molar-refractivity contribution in [2.24, 2.45) is 0 Å². The van der Waals surface area contributed by atoms with Gasteiger partial charge in [0.25, 0.3) is 0 Å². The zero-order valence-corrected chi connectivity index (χ0v) is 10.6. The summed E-state index contributed by atoms with van der Waals surface area (Å²) in [5.41, 5.74) is 4.62. The molecule has 0 fully saturated rings. The number of likely N-dealkylation sites (N-methyl/N-ethyl adjacent to an activating group) is 1. The Morgan fingerprint density at radius 2 is 1.33 bits per heavy atom. The third-order valence-corrected chi connectivity index (χ3v) is 3.52. The van der Waals surface area contributed by atoms with Crippen LogP contribution in [0.25, 0.3) is 11.1 Å². The SMILES string of the molecule is CN(C)C(=O)C1c2ccccc2-c2ccccc21. The van der Waals surface area contributed by atoms with Gasteiger partial charge in [0.05, 0.1) is 5.92 Å². The summed E-state index contributed by atoms with van der Waals surface area (Å²) in [5, 5.41) is 0. The maximum Gasteiger partial charge on any atom is 0.234 e. The predicted molar refractivity (Wildman–Crippen MR) is 72.4 cm³/mol. The van der Waals surface area contributed by atoms with Crippen molar-refractivity contribution in [3.63, 3.8) is 0 Å². The Hall–Kier alpha value is -2.09.